The number of ether oxygens (including phenoxy) is 1. The average Bonchev–Trinajstić information content (AvgIpc) is 3.42. The summed E-state index contributed by atoms with van der Waals surface area (Å²) in [7, 11) is 0. The zero-order valence-electron chi connectivity index (χ0n) is 13.5. The maximum Gasteiger partial charge on any atom is 0.255 e. The Morgan fingerprint density at radius 2 is 1.75 bits per heavy atom. The van der Waals surface area contributed by atoms with Crippen molar-refractivity contribution in [3.63, 3.8) is 0 Å². The topological polar surface area (TPSA) is 67.4 Å². The number of benzene rings is 2. The second-order valence-corrected chi connectivity index (χ2v) is 5.72. The summed E-state index contributed by atoms with van der Waals surface area (Å²) in [4.78, 5) is 24.1. The molecule has 0 unspecified atom stereocenters. The number of rotatable bonds is 6. The normalized spacial score (nSPS) is 13.2. The third-order valence-electron chi connectivity index (χ3n) is 3.80. The Labute approximate surface area is 141 Å². The molecule has 0 bridgehead atoms. The van der Waals surface area contributed by atoms with Crippen molar-refractivity contribution < 1.29 is 14.3 Å². The van der Waals surface area contributed by atoms with Crippen molar-refractivity contribution in [2.24, 2.45) is 5.92 Å². The van der Waals surface area contributed by atoms with Crippen molar-refractivity contribution in [2.75, 3.05) is 17.2 Å². The molecule has 0 heterocycles. The Hall–Kier alpha value is -2.82. The van der Waals surface area contributed by atoms with Crippen LogP contribution in [0.2, 0.25) is 0 Å². The van der Waals surface area contributed by atoms with Crippen LogP contribution in [0.4, 0.5) is 11.4 Å². The molecule has 2 amide bonds. The standard InChI is InChI=1S/C19H20N2O3/c1-2-24-17-6-4-3-5-16(17)21-19(23)14-9-11-15(12-10-14)20-18(22)13-7-8-13/h3-6,9-13H,2,7-8H2,1H3,(H,20,22)(H,21,23). The number of para-hydroxylation sites is 2. The van der Waals surface area contributed by atoms with Gasteiger partial charge >= 0.3 is 0 Å². The molecule has 0 radical (unpaired) electrons. The molecule has 5 nitrogen and oxygen atoms in total. The summed E-state index contributed by atoms with van der Waals surface area (Å²) in [5.41, 5.74) is 1.86. The Kier molecular flexibility index (Phi) is 4.79. The van der Waals surface area contributed by atoms with Crippen LogP contribution in [0.1, 0.15) is 30.1 Å². The summed E-state index contributed by atoms with van der Waals surface area (Å²) >= 11 is 0. The van der Waals surface area contributed by atoms with Gasteiger partial charge in [-0.05, 0) is 56.2 Å². The molecule has 124 valence electrons. The lowest BCUT2D eigenvalue weighted by Gasteiger charge is -2.11. The largest absolute Gasteiger partial charge is 0.492 e. The number of carbonyl (C=O) groups excluding carboxylic acids is 2. The Morgan fingerprint density at radius 3 is 2.42 bits per heavy atom. The van der Waals surface area contributed by atoms with Gasteiger partial charge in [-0.2, -0.15) is 0 Å². The molecule has 0 saturated heterocycles. The van der Waals surface area contributed by atoms with Crippen molar-refractivity contribution in [3.05, 3.63) is 54.1 Å². The van der Waals surface area contributed by atoms with Crippen LogP contribution in [0.3, 0.4) is 0 Å². The van der Waals surface area contributed by atoms with E-state index in [0.29, 0.717) is 29.3 Å². The highest BCUT2D eigenvalue weighted by Crippen LogP contribution is 2.30. The van der Waals surface area contributed by atoms with Gasteiger partial charge in [-0.15, -0.1) is 0 Å². The van der Waals surface area contributed by atoms with Crippen molar-refractivity contribution in [3.8, 4) is 5.75 Å². The van der Waals surface area contributed by atoms with E-state index in [0.717, 1.165) is 12.8 Å². The molecule has 5 heteroatoms. The summed E-state index contributed by atoms with van der Waals surface area (Å²) in [6, 6.07) is 14.2. The monoisotopic (exact) mass is 324 g/mol. The molecule has 2 N–H and O–H groups in total. The third-order valence-corrected chi connectivity index (χ3v) is 3.80. The fourth-order valence-electron chi connectivity index (χ4n) is 2.34. The van der Waals surface area contributed by atoms with Crippen LogP contribution in [0.5, 0.6) is 5.75 Å². The van der Waals surface area contributed by atoms with Crippen LogP contribution >= 0.6 is 0 Å². The van der Waals surface area contributed by atoms with Gasteiger partial charge in [-0.25, -0.2) is 0 Å². The zero-order valence-corrected chi connectivity index (χ0v) is 13.5. The molecule has 0 spiro atoms. The maximum absolute atomic E-state index is 12.4. The Bertz CT molecular complexity index is 737. The van der Waals surface area contributed by atoms with Gasteiger partial charge in [0.05, 0.1) is 12.3 Å². The quantitative estimate of drug-likeness (QED) is 0.851. The number of hydrogen-bond acceptors (Lipinski definition) is 3. The molecule has 1 fully saturated rings. The first kappa shape index (κ1) is 16.1. The van der Waals surface area contributed by atoms with Gasteiger partial charge in [-0.3, -0.25) is 9.59 Å². The summed E-state index contributed by atoms with van der Waals surface area (Å²) in [6.45, 7) is 2.43. The third kappa shape index (κ3) is 3.93. The van der Waals surface area contributed by atoms with Crippen LogP contribution in [-0.4, -0.2) is 18.4 Å². The molecule has 2 aromatic carbocycles. The van der Waals surface area contributed by atoms with Gasteiger partial charge in [0, 0.05) is 17.2 Å². The van der Waals surface area contributed by atoms with Gasteiger partial charge in [0.15, 0.2) is 0 Å². The van der Waals surface area contributed by atoms with Gasteiger partial charge in [0.1, 0.15) is 5.75 Å². The van der Waals surface area contributed by atoms with Crippen molar-refractivity contribution in [1.29, 1.82) is 0 Å². The zero-order chi connectivity index (χ0) is 16.9. The molecular weight excluding hydrogens is 304 g/mol. The van der Waals surface area contributed by atoms with Crippen LogP contribution < -0.4 is 15.4 Å². The van der Waals surface area contributed by atoms with E-state index in [9.17, 15) is 9.59 Å². The molecule has 0 atom stereocenters. The van der Waals surface area contributed by atoms with E-state index in [1.807, 2.05) is 25.1 Å². The molecule has 1 aliphatic rings. The predicted octanol–water partition coefficient (Wildman–Crippen LogP) is 3.69. The molecule has 0 aliphatic heterocycles. The Morgan fingerprint density at radius 1 is 1.04 bits per heavy atom. The van der Waals surface area contributed by atoms with Crippen molar-refractivity contribution in [1.82, 2.24) is 0 Å². The summed E-state index contributed by atoms with van der Waals surface area (Å²) in [5.74, 6) is 0.629. The highest BCUT2D eigenvalue weighted by Gasteiger charge is 2.29. The minimum absolute atomic E-state index is 0.0536. The van der Waals surface area contributed by atoms with Gasteiger partial charge < -0.3 is 15.4 Å². The average molecular weight is 324 g/mol. The number of anilines is 2. The molecular formula is C19H20N2O3. The lowest BCUT2D eigenvalue weighted by Crippen LogP contribution is -2.15. The van der Waals surface area contributed by atoms with E-state index in [2.05, 4.69) is 10.6 Å². The fourth-order valence-corrected chi connectivity index (χ4v) is 2.34. The van der Waals surface area contributed by atoms with E-state index in [4.69, 9.17) is 4.74 Å². The smallest absolute Gasteiger partial charge is 0.255 e. The lowest BCUT2D eigenvalue weighted by molar-refractivity contribution is -0.117. The number of carbonyl (C=O) groups is 2. The lowest BCUT2D eigenvalue weighted by atomic mass is 10.2. The number of hydrogen-bond donors (Lipinski definition) is 2. The molecule has 1 aliphatic carbocycles. The minimum Gasteiger partial charge on any atom is -0.492 e. The van der Waals surface area contributed by atoms with E-state index in [1.54, 1.807) is 30.3 Å². The first-order valence-electron chi connectivity index (χ1n) is 8.11. The predicted molar refractivity (Wildman–Crippen MR) is 93.4 cm³/mol. The van der Waals surface area contributed by atoms with Crippen LogP contribution in [0.25, 0.3) is 0 Å². The molecule has 1 saturated carbocycles. The second kappa shape index (κ2) is 7.17. The summed E-state index contributed by atoms with van der Waals surface area (Å²) in [6.07, 6.45) is 1.93. The van der Waals surface area contributed by atoms with Gasteiger partial charge in [0.25, 0.3) is 5.91 Å². The molecule has 3 rings (SSSR count). The van der Waals surface area contributed by atoms with E-state index in [-0.39, 0.29) is 17.7 Å². The van der Waals surface area contributed by atoms with E-state index < -0.39 is 0 Å². The maximum atomic E-state index is 12.4. The van der Waals surface area contributed by atoms with Gasteiger partial charge in [0.2, 0.25) is 5.91 Å². The first-order chi connectivity index (χ1) is 11.7. The second-order valence-electron chi connectivity index (χ2n) is 5.72. The van der Waals surface area contributed by atoms with Crippen LogP contribution in [0, 0.1) is 5.92 Å². The molecule has 0 aromatic heterocycles. The fraction of sp³-hybridized carbons (Fsp3) is 0.263. The van der Waals surface area contributed by atoms with Crippen molar-refractivity contribution in [2.45, 2.75) is 19.8 Å². The Balaban J connectivity index is 1.65. The van der Waals surface area contributed by atoms with E-state index in [1.165, 1.54) is 0 Å². The molecule has 2 aromatic rings. The SMILES string of the molecule is CCOc1ccccc1NC(=O)c1ccc(NC(=O)C2CC2)cc1. The van der Waals surface area contributed by atoms with E-state index >= 15 is 0 Å². The molecule has 24 heavy (non-hydrogen) atoms. The highest BCUT2D eigenvalue weighted by molar-refractivity contribution is 6.05. The number of amides is 2. The van der Waals surface area contributed by atoms with Crippen molar-refractivity contribution >= 4 is 23.2 Å². The van der Waals surface area contributed by atoms with Crippen LogP contribution in [-0.2, 0) is 4.79 Å². The van der Waals surface area contributed by atoms with Gasteiger partial charge in [-0.1, -0.05) is 12.1 Å². The number of nitrogens with one attached hydrogen (secondary N) is 2. The highest BCUT2D eigenvalue weighted by atomic mass is 16.5. The van der Waals surface area contributed by atoms with Crippen LogP contribution in [0.15, 0.2) is 48.5 Å². The first-order valence-corrected chi connectivity index (χ1v) is 8.11. The summed E-state index contributed by atoms with van der Waals surface area (Å²) in [5, 5.41) is 5.70. The summed E-state index contributed by atoms with van der Waals surface area (Å²) < 4.78 is 5.50. The minimum atomic E-state index is -0.220.